The van der Waals surface area contributed by atoms with E-state index in [0.717, 1.165) is 5.56 Å². The molecule has 2 aromatic heterocycles. The summed E-state index contributed by atoms with van der Waals surface area (Å²) in [6, 6.07) is 17.5. The number of carbonyl (C=O) groups is 1. The number of hydrogen-bond acceptors (Lipinski definition) is 4. The van der Waals surface area contributed by atoms with E-state index in [2.05, 4.69) is 10.3 Å². The zero-order chi connectivity index (χ0) is 22.0. The van der Waals surface area contributed by atoms with Crippen LogP contribution in [0.3, 0.4) is 0 Å². The van der Waals surface area contributed by atoms with Gasteiger partial charge >= 0.3 is 0 Å². The van der Waals surface area contributed by atoms with Crippen LogP contribution in [0.5, 0.6) is 0 Å². The second kappa shape index (κ2) is 8.53. The van der Waals surface area contributed by atoms with E-state index >= 15 is 0 Å². The summed E-state index contributed by atoms with van der Waals surface area (Å²) in [6.45, 7) is 1.88. The first-order valence-electron chi connectivity index (χ1n) is 9.59. The average Bonchev–Trinajstić information content (AvgIpc) is 3.09. The fourth-order valence-electron chi connectivity index (χ4n) is 3.41. The summed E-state index contributed by atoms with van der Waals surface area (Å²) < 4.78 is 28.0. The number of para-hydroxylation sites is 1. The Morgan fingerprint density at radius 2 is 1.84 bits per heavy atom. The van der Waals surface area contributed by atoms with E-state index in [1.807, 2.05) is 19.1 Å². The van der Waals surface area contributed by atoms with Crippen LogP contribution in [0.1, 0.15) is 11.1 Å². The Kier molecular flexibility index (Phi) is 5.80. The molecule has 0 aliphatic carbocycles. The first-order chi connectivity index (χ1) is 14.8. The number of sulfone groups is 1. The van der Waals surface area contributed by atoms with Crippen molar-refractivity contribution in [1.29, 1.82) is 0 Å². The van der Waals surface area contributed by atoms with E-state index in [4.69, 9.17) is 11.6 Å². The summed E-state index contributed by atoms with van der Waals surface area (Å²) in [5.74, 6) is 0.00922. The first-order valence-corrected chi connectivity index (χ1v) is 11.6. The van der Waals surface area contributed by atoms with Gasteiger partial charge in [0.2, 0.25) is 5.91 Å². The third-order valence-corrected chi connectivity index (χ3v) is 6.81. The second-order valence-corrected chi connectivity index (χ2v) is 9.68. The molecule has 0 radical (unpaired) electrons. The lowest BCUT2D eigenvalue weighted by molar-refractivity contribution is -0.116. The minimum absolute atomic E-state index is 0.0351. The van der Waals surface area contributed by atoms with Gasteiger partial charge in [-0.25, -0.2) is 13.4 Å². The molecule has 0 atom stereocenters. The van der Waals surface area contributed by atoms with Crippen LogP contribution in [0, 0.1) is 6.92 Å². The fourth-order valence-corrected chi connectivity index (χ4v) is 5.12. The monoisotopic (exact) mass is 453 g/mol. The summed E-state index contributed by atoms with van der Waals surface area (Å²) in [6.07, 6.45) is 3.15. The molecule has 0 saturated heterocycles. The van der Waals surface area contributed by atoms with Gasteiger partial charge in [0, 0.05) is 28.3 Å². The molecule has 0 spiro atoms. The minimum atomic E-state index is -3.64. The molecule has 2 aromatic carbocycles. The smallest absolute Gasteiger partial charge is 0.245 e. The molecular weight excluding hydrogens is 434 g/mol. The number of amides is 1. The summed E-state index contributed by atoms with van der Waals surface area (Å²) in [5, 5.41) is 3.89. The molecule has 0 aliphatic rings. The predicted molar refractivity (Wildman–Crippen MR) is 122 cm³/mol. The van der Waals surface area contributed by atoms with E-state index in [1.165, 1.54) is 6.20 Å². The average molecular weight is 454 g/mol. The highest BCUT2D eigenvalue weighted by molar-refractivity contribution is 7.90. The van der Waals surface area contributed by atoms with Crippen molar-refractivity contribution in [3.63, 3.8) is 0 Å². The number of carbonyl (C=O) groups excluding carboxylic acids is 1. The predicted octanol–water partition coefficient (Wildman–Crippen LogP) is 4.61. The number of pyridine rings is 1. The molecule has 0 fully saturated rings. The van der Waals surface area contributed by atoms with Gasteiger partial charge in [-0.15, -0.1) is 0 Å². The van der Waals surface area contributed by atoms with Gasteiger partial charge in [-0.2, -0.15) is 0 Å². The molecule has 6 nitrogen and oxygen atoms in total. The van der Waals surface area contributed by atoms with Crippen molar-refractivity contribution < 1.29 is 13.2 Å². The number of anilines is 1. The molecule has 0 bridgehead atoms. The van der Waals surface area contributed by atoms with E-state index < -0.39 is 9.84 Å². The van der Waals surface area contributed by atoms with Crippen molar-refractivity contribution in [3.8, 4) is 0 Å². The normalized spacial score (nSPS) is 11.5. The Bertz CT molecular complexity index is 1360. The molecule has 4 aromatic rings. The zero-order valence-corrected chi connectivity index (χ0v) is 18.3. The van der Waals surface area contributed by atoms with Crippen LogP contribution in [0.2, 0.25) is 5.02 Å². The van der Waals surface area contributed by atoms with Gasteiger partial charge in [0.05, 0.1) is 10.6 Å². The molecule has 8 heteroatoms. The number of fused-ring (bicyclic) bond motifs is 1. The van der Waals surface area contributed by atoms with Crippen LogP contribution in [0.15, 0.2) is 78.0 Å². The number of benzene rings is 2. The van der Waals surface area contributed by atoms with Crippen LogP contribution < -0.4 is 5.32 Å². The van der Waals surface area contributed by atoms with Crippen LogP contribution in [0.25, 0.3) is 10.9 Å². The summed E-state index contributed by atoms with van der Waals surface area (Å²) in [5.41, 5.74) is 2.29. The van der Waals surface area contributed by atoms with Crippen molar-refractivity contribution in [2.75, 3.05) is 5.32 Å². The number of hydrogen-bond donors (Lipinski definition) is 1. The van der Waals surface area contributed by atoms with Crippen LogP contribution in [0.4, 0.5) is 5.82 Å². The molecular formula is C23H20ClN3O3S. The first kappa shape index (κ1) is 21.1. The van der Waals surface area contributed by atoms with Gasteiger partial charge in [-0.3, -0.25) is 4.79 Å². The Morgan fingerprint density at radius 1 is 1.10 bits per heavy atom. The highest BCUT2D eigenvalue weighted by atomic mass is 35.5. The quantitative estimate of drug-likeness (QED) is 0.462. The van der Waals surface area contributed by atoms with Crippen LogP contribution in [-0.4, -0.2) is 23.9 Å². The van der Waals surface area contributed by atoms with Crippen LogP contribution >= 0.6 is 11.6 Å². The summed E-state index contributed by atoms with van der Waals surface area (Å²) in [7, 11) is -3.64. The highest BCUT2D eigenvalue weighted by Gasteiger charge is 2.22. The van der Waals surface area contributed by atoms with Crippen molar-refractivity contribution in [2.24, 2.45) is 0 Å². The summed E-state index contributed by atoms with van der Waals surface area (Å²) >= 11 is 5.90. The van der Waals surface area contributed by atoms with Crippen molar-refractivity contribution in [3.05, 3.63) is 89.2 Å². The van der Waals surface area contributed by atoms with Crippen molar-refractivity contribution >= 4 is 44.1 Å². The molecule has 0 saturated carbocycles. The van der Waals surface area contributed by atoms with Gasteiger partial charge in [0.1, 0.15) is 12.4 Å². The number of aromatic nitrogens is 2. The fraction of sp³-hybridized carbons (Fsp3) is 0.130. The lowest BCUT2D eigenvalue weighted by Gasteiger charge is -2.07. The summed E-state index contributed by atoms with van der Waals surface area (Å²) in [4.78, 5) is 16.9. The van der Waals surface area contributed by atoms with Crippen LogP contribution in [-0.2, 0) is 26.9 Å². The van der Waals surface area contributed by atoms with E-state index in [0.29, 0.717) is 27.3 Å². The maximum atomic E-state index is 13.2. The molecule has 31 heavy (non-hydrogen) atoms. The second-order valence-electron chi connectivity index (χ2n) is 7.29. The highest BCUT2D eigenvalue weighted by Crippen LogP contribution is 2.28. The van der Waals surface area contributed by atoms with Crippen molar-refractivity contribution in [2.45, 2.75) is 24.1 Å². The third-order valence-electron chi connectivity index (χ3n) is 4.85. The van der Waals surface area contributed by atoms with Gasteiger partial charge < -0.3 is 9.88 Å². The molecule has 2 heterocycles. The molecule has 4 rings (SSSR count). The number of halogens is 1. The van der Waals surface area contributed by atoms with E-state index in [1.54, 1.807) is 59.3 Å². The van der Waals surface area contributed by atoms with E-state index in [-0.39, 0.29) is 23.1 Å². The maximum absolute atomic E-state index is 13.2. The van der Waals surface area contributed by atoms with Crippen molar-refractivity contribution in [1.82, 2.24) is 9.55 Å². The largest absolute Gasteiger partial charge is 0.337 e. The van der Waals surface area contributed by atoms with Gasteiger partial charge in [0.25, 0.3) is 0 Å². The maximum Gasteiger partial charge on any atom is 0.245 e. The number of nitrogens with one attached hydrogen (secondary N) is 1. The van der Waals surface area contributed by atoms with Gasteiger partial charge in [0.15, 0.2) is 9.84 Å². The third kappa shape index (κ3) is 4.78. The standard InChI is InChI=1S/C23H20ClN3O3S/c1-16-10-11-25-22(12-16)26-23(28)14-27-13-21(19-4-2-3-5-20(19)27)31(29,30)15-17-6-8-18(24)9-7-17/h2-13H,14-15H2,1H3,(H,25,26,28). The number of rotatable bonds is 6. The molecule has 0 unspecified atom stereocenters. The number of aryl methyl sites for hydroxylation is 1. The Labute approximate surface area is 185 Å². The Morgan fingerprint density at radius 3 is 2.58 bits per heavy atom. The van der Waals surface area contributed by atoms with Gasteiger partial charge in [-0.05, 0) is 48.4 Å². The molecule has 0 aliphatic heterocycles. The minimum Gasteiger partial charge on any atom is -0.337 e. The molecule has 1 amide bonds. The number of nitrogens with zero attached hydrogens (tertiary/aromatic N) is 2. The topological polar surface area (TPSA) is 81.1 Å². The zero-order valence-electron chi connectivity index (χ0n) is 16.7. The van der Waals surface area contributed by atoms with Gasteiger partial charge in [-0.1, -0.05) is 41.9 Å². The lowest BCUT2D eigenvalue weighted by atomic mass is 10.2. The lowest BCUT2D eigenvalue weighted by Crippen LogP contribution is -2.19. The molecule has 158 valence electrons. The Balaban J connectivity index is 1.64. The molecule has 1 N–H and O–H groups in total. The SMILES string of the molecule is Cc1ccnc(NC(=O)Cn2cc(S(=O)(=O)Cc3ccc(Cl)cc3)c3ccccc32)c1. The Hall–Kier alpha value is -3.16. The van der Waals surface area contributed by atoms with E-state index in [9.17, 15) is 13.2 Å².